The van der Waals surface area contributed by atoms with Gasteiger partial charge in [-0.05, 0) is 18.8 Å². The van der Waals surface area contributed by atoms with Crippen LogP contribution in [0.25, 0.3) is 0 Å². The molecule has 3 heteroatoms. The summed E-state index contributed by atoms with van der Waals surface area (Å²) in [5.74, 6) is -0.644. The summed E-state index contributed by atoms with van der Waals surface area (Å²) >= 11 is 0. The van der Waals surface area contributed by atoms with Gasteiger partial charge in [0.15, 0.2) is 0 Å². The Morgan fingerprint density at radius 1 is 0.882 bits per heavy atom. The highest BCUT2D eigenvalue weighted by Gasteiger charge is 2.23. The number of carboxylic acids is 1. The summed E-state index contributed by atoms with van der Waals surface area (Å²) in [6.45, 7) is 0. The van der Waals surface area contributed by atoms with Crippen molar-refractivity contribution in [2.24, 2.45) is 11.7 Å². The van der Waals surface area contributed by atoms with Crippen LogP contribution in [0.5, 0.6) is 0 Å². The van der Waals surface area contributed by atoms with Crippen molar-refractivity contribution in [3.05, 3.63) is 0 Å². The van der Waals surface area contributed by atoms with Crippen LogP contribution in [-0.4, -0.2) is 17.1 Å². The second-order valence-electron chi connectivity index (χ2n) is 5.38. The lowest BCUT2D eigenvalue weighted by Crippen LogP contribution is -2.38. The monoisotopic (exact) mass is 241 g/mol. The van der Waals surface area contributed by atoms with Crippen LogP contribution in [0.2, 0.25) is 0 Å². The molecule has 3 N–H and O–H groups in total. The molecule has 0 bridgehead atoms. The SMILES string of the molecule is N[C@@H](C(=O)O)C1CCCCCCCCCCC1. The molecule has 0 spiro atoms. The summed E-state index contributed by atoms with van der Waals surface area (Å²) in [5, 5.41) is 9.00. The molecule has 0 aromatic carbocycles. The summed E-state index contributed by atoms with van der Waals surface area (Å²) in [4.78, 5) is 10.9. The first-order valence-corrected chi connectivity index (χ1v) is 7.20. The van der Waals surface area contributed by atoms with Gasteiger partial charge in [-0.2, -0.15) is 0 Å². The molecule has 1 saturated carbocycles. The molecule has 1 atom stereocenters. The van der Waals surface area contributed by atoms with E-state index < -0.39 is 12.0 Å². The zero-order chi connectivity index (χ0) is 12.5. The highest BCUT2D eigenvalue weighted by atomic mass is 16.4. The van der Waals surface area contributed by atoms with Crippen LogP contribution < -0.4 is 5.73 Å². The van der Waals surface area contributed by atoms with Crippen LogP contribution >= 0.6 is 0 Å². The number of hydrogen-bond acceptors (Lipinski definition) is 2. The molecule has 1 aliphatic rings. The minimum absolute atomic E-state index is 0.187. The second kappa shape index (κ2) is 8.51. The molecule has 1 aliphatic carbocycles. The van der Waals surface area contributed by atoms with Crippen LogP contribution in [0.4, 0.5) is 0 Å². The van der Waals surface area contributed by atoms with E-state index in [1.165, 1.54) is 44.9 Å². The first-order chi connectivity index (χ1) is 8.22. The third kappa shape index (κ3) is 6.06. The molecule has 0 aliphatic heterocycles. The minimum Gasteiger partial charge on any atom is -0.480 e. The second-order valence-corrected chi connectivity index (χ2v) is 5.38. The summed E-state index contributed by atoms with van der Waals surface area (Å²) < 4.78 is 0. The third-order valence-electron chi connectivity index (χ3n) is 3.94. The Morgan fingerprint density at radius 2 is 1.24 bits per heavy atom. The molecular weight excluding hydrogens is 214 g/mol. The van der Waals surface area contributed by atoms with E-state index in [0.29, 0.717) is 0 Å². The molecular formula is C14H27NO2. The minimum atomic E-state index is -0.831. The molecule has 0 amide bonds. The van der Waals surface area contributed by atoms with Gasteiger partial charge in [-0.25, -0.2) is 0 Å². The predicted octanol–water partition coefficient (Wildman–Crippen LogP) is 3.32. The fourth-order valence-corrected chi connectivity index (χ4v) is 2.76. The Hall–Kier alpha value is -0.570. The molecule has 3 nitrogen and oxygen atoms in total. The zero-order valence-corrected chi connectivity index (χ0v) is 10.9. The van der Waals surface area contributed by atoms with Crippen LogP contribution in [0.15, 0.2) is 0 Å². The van der Waals surface area contributed by atoms with Crippen molar-refractivity contribution >= 4 is 5.97 Å². The number of carbonyl (C=O) groups is 1. The van der Waals surface area contributed by atoms with Gasteiger partial charge in [-0.1, -0.05) is 57.8 Å². The van der Waals surface area contributed by atoms with Crippen molar-refractivity contribution < 1.29 is 9.90 Å². The van der Waals surface area contributed by atoms with Crippen molar-refractivity contribution in [1.82, 2.24) is 0 Å². The number of nitrogens with two attached hydrogens (primary N) is 1. The largest absolute Gasteiger partial charge is 0.480 e. The topological polar surface area (TPSA) is 63.3 Å². The normalized spacial score (nSPS) is 23.4. The summed E-state index contributed by atoms with van der Waals surface area (Å²) in [5.41, 5.74) is 5.77. The van der Waals surface area contributed by atoms with E-state index in [1.807, 2.05) is 0 Å². The maximum absolute atomic E-state index is 10.9. The molecule has 0 radical (unpaired) electrons. The van der Waals surface area contributed by atoms with E-state index in [9.17, 15) is 4.79 Å². The van der Waals surface area contributed by atoms with Crippen molar-refractivity contribution in [3.8, 4) is 0 Å². The maximum Gasteiger partial charge on any atom is 0.320 e. The van der Waals surface area contributed by atoms with Gasteiger partial charge in [-0.3, -0.25) is 4.79 Å². The van der Waals surface area contributed by atoms with Gasteiger partial charge < -0.3 is 10.8 Å². The lowest BCUT2D eigenvalue weighted by atomic mass is 9.88. The fraction of sp³-hybridized carbons (Fsp3) is 0.929. The van der Waals surface area contributed by atoms with Gasteiger partial charge in [0.2, 0.25) is 0 Å². The van der Waals surface area contributed by atoms with Gasteiger partial charge >= 0.3 is 5.97 Å². The molecule has 0 saturated heterocycles. The Balaban J connectivity index is 2.39. The smallest absolute Gasteiger partial charge is 0.320 e. The molecule has 1 fully saturated rings. The van der Waals surface area contributed by atoms with Crippen molar-refractivity contribution in [2.45, 2.75) is 76.7 Å². The van der Waals surface area contributed by atoms with E-state index in [2.05, 4.69) is 0 Å². The highest BCUT2D eigenvalue weighted by Crippen LogP contribution is 2.22. The van der Waals surface area contributed by atoms with Crippen molar-refractivity contribution in [2.75, 3.05) is 0 Å². The molecule has 1 rings (SSSR count). The number of aliphatic carboxylic acids is 1. The third-order valence-corrected chi connectivity index (χ3v) is 3.94. The van der Waals surface area contributed by atoms with Gasteiger partial charge in [0.05, 0.1) is 0 Å². The van der Waals surface area contributed by atoms with Crippen LogP contribution in [0, 0.1) is 5.92 Å². The van der Waals surface area contributed by atoms with Crippen molar-refractivity contribution in [1.29, 1.82) is 0 Å². The first-order valence-electron chi connectivity index (χ1n) is 7.20. The van der Waals surface area contributed by atoms with E-state index in [1.54, 1.807) is 0 Å². The molecule has 0 aromatic rings. The lowest BCUT2D eigenvalue weighted by molar-refractivity contribution is -0.140. The summed E-state index contributed by atoms with van der Waals surface area (Å²) in [7, 11) is 0. The summed E-state index contributed by atoms with van der Waals surface area (Å²) in [6, 6.07) is -0.655. The van der Waals surface area contributed by atoms with E-state index in [-0.39, 0.29) is 5.92 Å². The predicted molar refractivity (Wildman–Crippen MR) is 69.9 cm³/mol. The quantitative estimate of drug-likeness (QED) is 0.779. The summed E-state index contributed by atoms with van der Waals surface area (Å²) in [6.07, 6.45) is 13.4. The Bertz CT molecular complexity index is 206. The van der Waals surface area contributed by atoms with E-state index >= 15 is 0 Å². The molecule has 0 heterocycles. The zero-order valence-electron chi connectivity index (χ0n) is 10.9. The van der Waals surface area contributed by atoms with Gasteiger partial charge in [0, 0.05) is 0 Å². The highest BCUT2D eigenvalue weighted by molar-refractivity contribution is 5.73. The molecule has 0 unspecified atom stereocenters. The Morgan fingerprint density at radius 3 is 1.59 bits per heavy atom. The Labute approximate surface area is 105 Å². The molecule has 0 aromatic heterocycles. The number of carboxylic acid groups (broad SMARTS) is 1. The molecule has 17 heavy (non-hydrogen) atoms. The van der Waals surface area contributed by atoms with Crippen LogP contribution in [0.1, 0.15) is 70.6 Å². The van der Waals surface area contributed by atoms with Gasteiger partial charge in [-0.15, -0.1) is 0 Å². The van der Waals surface area contributed by atoms with Gasteiger partial charge in [0.25, 0.3) is 0 Å². The lowest BCUT2D eigenvalue weighted by Gasteiger charge is -2.21. The van der Waals surface area contributed by atoms with E-state index in [4.69, 9.17) is 10.8 Å². The van der Waals surface area contributed by atoms with Crippen molar-refractivity contribution in [3.63, 3.8) is 0 Å². The van der Waals surface area contributed by atoms with Crippen LogP contribution in [0.3, 0.4) is 0 Å². The Kier molecular flexibility index (Phi) is 7.25. The fourth-order valence-electron chi connectivity index (χ4n) is 2.76. The maximum atomic E-state index is 10.9. The van der Waals surface area contributed by atoms with Gasteiger partial charge in [0.1, 0.15) is 6.04 Å². The average molecular weight is 241 g/mol. The average Bonchev–Trinajstić information content (AvgIpc) is 2.29. The van der Waals surface area contributed by atoms with Crippen LogP contribution in [-0.2, 0) is 4.79 Å². The van der Waals surface area contributed by atoms with E-state index in [0.717, 1.165) is 25.7 Å². The molecule has 100 valence electrons. The number of rotatable bonds is 2. The standard InChI is InChI=1S/C14H27NO2/c15-13(14(16)17)12-10-8-6-4-2-1-3-5-7-9-11-12/h12-13H,1-11,15H2,(H,16,17)/t13-/m1/s1. The number of hydrogen-bond donors (Lipinski definition) is 2. The first kappa shape index (κ1) is 14.5.